The zero-order valence-corrected chi connectivity index (χ0v) is 12.1. The zero-order valence-electron chi connectivity index (χ0n) is 11.3. The smallest absolute Gasteiger partial charge is 0.270 e. The van der Waals surface area contributed by atoms with Gasteiger partial charge in [0.2, 0.25) is 0 Å². The molecule has 1 fully saturated rings. The van der Waals surface area contributed by atoms with Crippen LogP contribution in [0.2, 0.25) is 5.02 Å². The number of non-ortho nitro benzene ring substituents is 1. The Kier molecular flexibility index (Phi) is 5.31. The van der Waals surface area contributed by atoms with Gasteiger partial charge in [0.1, 0.15) is 0 Å². The minimum Gasteiger partial charge on any atom is -0.374 e. The lowest BCUT2D eigenvalue weighted by Gasteiger charge is -2.28. The van der Waals surface area contributed by atoms with Crippen LogP contribution in [0.4, 0.5) is 5.69 Å². The van der Waals surface area contributed by atoms with Crippen molar-refractivity contribution in [3.05, 3.63) is 38.9 Å². The van der Waals surface area contributed by atoms with E-state index in [0.717, 1.165) is 31.8 Å². The first-order chi connectivity index (χ1) is 9.56. The summed E-state index contributed by atoms with van der Waals surface area (Å²) in [5.74, 6) is 0. The van der Waals surface area contributed by atoms with Crippen molar-refractivity contribution in [2.75, 3.05) is 33.3 Å². The summed E-state index contributed by atoms with van der Waals surface area (Å²) in [6, 6.07) is 4.58. The molecule has 0 aromatic heterocycles. The van der Waals surface area contributed by atoms with Gasteiger partial charge in [0, 0.05) is 38.3 Å². The fourth-order valence-electron chi connectivity index (χ4n) is 2.22. The van der Waals surface area contributed by atoms with Gasteiger partial charge in [-0.3, -0.25) is 15.0 Å². The third kappa shape index (κ3) is 4.14. The van der Waals surface area contributed by atoms with Crippen LogP contribution < -0.4 is 5.32 Å². The molecule has 1 atom stereocenters. The van der Waals surface area contributed by atoms with E-state index in [1.165, 1.54) is 12.1 Å². The number of morpholine rings is 1. The van der Waals surface area contributed by atoms with Crippen molar-refractivity contribution >= 4 is 17.3 Å². The average Bonchev–Trinajstić information content (AvgIpc) is 2.42. The molecule has 7 heteroatoms. The maximum atomic E-state index is 10.7. The van der Waals surface area contributed by atoms with E-state index in [4.69, 9.17) is 16.3 Å². The molecule has 0 radical (unpaired) electrons. The Morgan fingerprint density at radius 1 is 1.60 bits per heavy atom. The Bertz CT molecular complexity index is 478. The summed E-state index contributed by atoms with van der Waals surface area (Å²) in [5, 5.41) is 14.4. The summed E-state index contributed by atoms with van der Waals surface area (Å²) >= 11 is 6.09. The predicted octanol–water partition coefficient (Wildman–Crippen LogP) is 1.67. The largest absolute Gasteiger partial charge is 0.374 e. The number of nitro groups is 1. The molecule has 0 spiro atoms. The molecule has 6 nitrogen and oxygen atoms in total. The number of nitrogens with one attached hydrogen (secondary N) is 1. The summed E-state index contributed by atoms with van der Waals surface area (Å²) in [7, 11) is 1.98. The first kappa shape index (κ1) is 15.2. The first-order valence-electron chi connectivity index (χ1n) is 6.50. The van der Waals surface area contributed by atoms with Gasteiger partial charge in [0.25, 0.3) is 5.69 Å². The minimum absolute atomic E-state index is 0.0150. The van der Waals surface area contributed by atoms with E-state index in [9.17, 15) is 10.1 Å². The van der Waals surface area contributed by atoms with E-state index in [1.807, 2.05) is 7.05 Å². The van der Waals surface area contributed by atoms with Gasteiger partial charge in [0.15, 0.2) is 0 Å². The van der Waals surface area contributed by atoms with Crippen molar-refractivity contribution in [1.82, 2.24) is 10.2 Å². The van der Waals surface area contributed by atoms with Crippen LogP contribution in [0.5, 0.6) is 0 Å². The second-order valence-electron chi connectivity index (χ2n) is 4.93. The number of nitrogens with zero attached hydrogens (tertiary/aromatic N) is 2. The molecule has 1 N–H and O–H groups in total. The van der Waals surface area contributed by atoms with Crippen LogP contribution in [0, 0.1) is 10.1 Å². The summed E-state index contributed by atoms with van der Waals surface area (Å²) in [4.78, 5) is 12.3. The molecule has 1 saturated heterocycles. The van der Waals surface area contributed by atoms with Gasteiger partial charge >= 0.3 is 0 Å². The maximum Gasteiger partial charge on any atom is 0.270 e. The fourth-order valence-corrected chi connectivity index (χ4v) is 2.45. The Labute approximate surface area is 122 Å². The van der Waals surface area contributed by atoms with Crippen molar-refractivity contribution < 1.29 is 9.66 Å². The van der Waals surface area contributed by atoms with Gasteiger partial charge < -0.3 is 10.1 Å². The van der Waals surface area contributed by atoms with Gasteiger partial charge in [-0.15, -0.1) is 0 Å². The predicted molar refractivity (Wildman–Crippen MR) is 77.1 cm³/mol. The maximum absolute atomic E-state index is 10.7. The van der Waals surface area contributed by atoms with E-state index in [0.29, 0.717) is 11.6 Å². The lowest BCUT2D eigenvalue weighted by Crippen LogP contribution is -2.44. The second-order valence-corrected chi connectivity index (χ2v) is 5.33. The molecule has 1 aromatic carbocycles. The molecular weight excluding hydrogens is 282 g/mol. The lowest BCUT2D eigenvalue weighted by molar-refractivity contribution is -0.384. The topological polar surface area (TPSA) is 67.6 Å². The Morgan fingerprint density at radius 2 is 2.40 bits per heavy atom. The van der Waals surface area contributed by atoms with Crippen molar-refractivity contribution in [1.29, 1.82) is 0 Å². The number of nitro benzene ring substituents is 1. The van der Waals surface area contributed by atoms with Crippen molar-refractivity contribution in [2.45, 2.75) is 12.6 Å². The van der Waals surface area contributed by atoms with E-state index in [1.54, 1.807) is 6.07 Å². The Balaban J connectivity index is 1.93. The number of likely N-dealkylation sites (N-methyl/N-ethyl adjacent to an activating group) is 1. The number of benzene rings is 1. The summed E-state index contributed by atoms with van der Waals surface area (Å²) < 4.78 is 5.64. The zero-order chi connectivity index (χ0) is 14.5. The summed E-state index contributed by atoms with van der Waals surface area (Å²) in [6.45, 7) is 3.90. The molecular formula is C13H18ClN3O3. The van der Waals surface area contributed by atoms with Gasteiger partial charge in [-0.1, -0.05) is 11.6 Å². The van der Waals surface area contributed by atoms with Gasteiger partial charge in [-0.05, 0) is 18.7 Å². The lowest BCUT2D eigenvalue weighted by atomic mass is 10.2. The third-order valence-electron chi connectivity index (χ3n) is 3.21. The Hall–Kier alpha value is -1.21. The number of halogens is 1. The normalized spacial score (nSPS) is 19.2. The Morgan fingerprint density at radius 3 is 3.00 bits per heavy atom. The highest BCUT2D eigenvalue weighted by Gasteiger charge is 2.17. The van der Waals surface area contributed by atoms with Crippen LogP contribution in [0.3, 0.4) is 0 Å². The van der Waals surface area contributed by atoms with Crippen LogP contribution in [-0.4, -0.2) is 49.2 Å². The van der Waals surface area contributed by atoms with Crippen molar-refractivity contribution in [3.63, 3.8) is 0 Å². The van der Waals surface area contributed by atoms with Crippen LogP contribution in [0.25, 0.3) is 0 Å². The molecule has 1 heterocycles. The first-order valence-corrected chi connectivity index (χ1v) is 6.87. The summed E-state index contributed by atoms with van der Waals surface area (Å²) in [5.41, 5.74) is 0.893. The number of hydrogen-bond donors (Lipinski definition) is 1. The van der Waals surface area contributed by atoms with E-state index in [2.05, 4.69) is 10.2 Å². The van der Waals surface area contributed by atoms with Gasteiger partial charge in [0.05, 0.1) is 22.7 Å². The van der Waals surface area contributed by atoms with E-state index >= 15 is 0 Å². The van der Waals surface area contributed by atoms with E-state index < -0.39 is 4.92 Å². The quantitative estimate of drug-likeness (QED) is 0.662. The molecule has 20 heavy (non-hydrogen) atoms. The number of rotatable bonds is 5. The van der Waals surface area contributed by atoms with Crippen LogP contribution >= 0.6 is 11.6 Å². The highest BCUT2D eigenvalue weighted by Crippen LogP contribution is 2.23. The third-order valence-corrected chi connectivity index (χ3v) is 3.56. The highest BCUT2D eigenvalue weighted by molar-refractivity contribution is 6.31. The van der Waals surface area contributed by atoms with Crippen LogP contribution in [-0.2, 0) is 11.3 Å². The van der Waals surface area contributed by atoms with E-state index in [-0.39, 0.29) is 11.8 Å². The molecule has 0 aliphatic carbocycles. The van der Waals surface area contributed by atoms with Crippen molar-refractivity contribution in [2.24, 2.45) is 0 Å². The molecule has 0 saturated carbocycles. The molecule has 1 unspecified atom stereocenters. The SMILES string of the molecule is CN(Cc1ccc([N+](=O)[O-])cc1Cl)CC1CNCCO1. The molecule has 0 bridgehead atoms. The molecule has 1 aliphatic rings. The minimum atomic E-state index is -0.444. The highest BCUT2D eigenvalue weighted by atomic mass is 35.5. The van der Waals surface area contributed by atoms with Crippen LogP contribution in [0.1, 0.15) is 5.56 Å². The number of hydrogen-bond acceptors (Lipinski definition) is 5. The molecule has 1 aliphatic heterocycles. The van der Waals surface area contributed by atoms with Gasteiger partial charge in [-0.2, -0.15) is 0 Å². The summed E-state index contributed by atoms with van der Waals surface area (Å²) in [6.07, 6.45) is 0.172. The molecule has 110 valence electrons. The standard InChI is InChI=1S/C13H18ClN3O3/c1-16(9-12-7-15-4-5-20-12)8-10-2-3-11(17(18)19)6-13(10)14/h2-3,6,12,15H,4-5,7-9H2,1H3. The average molecular weight is 300 g/mol. The van der Waals surface area contributed by atoms with Crippen molar-refractivity contribution in [3.8, 4) is 0 Å². The monoisotopic (exact) mass is 299 g/mol. The number of ether oxygens (including phenoxy) is 1. The molecule has 0 amide bonds. The molecule has 1 aromatic rings. The fraction of sp³-hybridized carbons (Fsp3) is 0.538. The van der Waals surface area contributed by atoms with Crippen LogP contribution in [0.15, 0.2) is 18.2 Å². The second kappa shape index (κ2) is 6.99. The van der Waals surface area contributed by atoms with Gasteiger partial charge in [-0.25, -0.2) is 0 Å². The molecule has 2 rings (SSSR count).